The molecule has 0 spiro atoms. The van der Waals surface area contributed by atoms with E-state index < -0.39 is 6.04 Å². The molecule has 4 nitrogen and oxygen atoms in total. The van der Waals surface area contributed by atoms with Crippen LogP contribution in [0.5, 0.6) is 0 Å². The van der Waals surface area contributed by atoms with Gasteiger partial charge in [0.25, 0.3) is 0 Å². The van der Waals surface area contributed by atoms with Gasteiger partial charge >= 0.3 is 0 Å². The van der Waals surface area contributed by atoms with Crippen LogP contribution in [-0.2, 0) is 4.79 Å². The Labute approximate surface area is 148 Å². The van der Waals surface area contributed by atoms with Crippen molar-refractivity contribution < 1.29 is 9.18 Å². The van der Waals surface area contributed by atoms with E-state index in [0.717, 1.165) is 12.8 Å². The Balaban J connectivity index is 1.71. The fourth-order valence-electron chi connectivity index (χ4n) is 3.57. The summed E-state index contributed by atoms with van der Waals surface area (Å²) in [6.45, 7) is 1.40. The van der Waals surface area contributed by atoms with Gasteiger partial charge < -0.3 is 4.90 Å². The molecule has 5 heteroatoms. The van der Waals surface area contributed by atoms with E-state index in [4.69, 9.17) is 0 Å². The second kappa shape index (κ2) is 7.74. The second-order valence-electron chi connectivity index (χ2n) is 6.77. The van der Waals surface area contributed by atoms with Gasteiger partial charge in [-0.05, 0) is 56.6 Å². The zero-order valence-electron chi connectivity index (χ0n) is 14.7. The fraction of sp³-hybridized carbons (Fsp3) is 0.400. The largest absolute Gasteiger partial charge is 0.341 e. The predicted molar refractivity (Wildman–Crippen MR) is 95.6 cm³/mol. The van der Waals surface area contributed by atoms with E-state index in [1.54, 1.807) is 23.1 Å². The highest BCUT2D eigenvalue weighted by Gasteiger charge is 2.32. The quantitative estimate of drug-likeness (QED) is 0.857. The Morgan fingerprint density at radius 3 is 2.40 bits per heavy atom. The monoisotopic (exact) mass is 341 g/mol. The lowest BCUT2D eigenvalue weighted by Gasteiger charge is -2.36. The van der Waals surface area contributed by atoms with Gasteiger partial charge in [-0.3, -0.25) is 14.7 Å². The molecule has 1 aromatic carbocycles. The number of carbonyl (C=O) groups is 1. The van der Waals surface area contributed by atoms with Crippen LogP contribution in [0.15, 0.2) is 48.8 Å². The molecule has 1 saturated heterocycles. The average Bonchev–Trinajstić information content (AvgIpc) is 2.64. The lowest BCUT2D eigenvalue weighted by molar-refractivity contribution is -0.137. The van der Waals surface area contributed by atoms with Crippen molar-refractivity contribution in [1.82, 2.24) is 14.8 Å². The van der Waals surface area contributed by atoms with Crippen molar-refractivity contribution in [1.29, 1.82) is 0 Å². The van der Waals surface area contributed by atoms with Gasteiger partial charge in [0.05, 0.1) is 0 Å². The first-order valence-corrected chi connectivity index (χ1v) is 8.67. The minimum atomic E-state index is -0.585. The zero-order chi connectivity index (χ0) is 17.8. The fourth-order valence-corrected chi connectivity index (χ4v) is 3.57. The van der Waals surface area contributed by atoms with E-state index in [1.807, 2.05) is 43.5 Å². The van der Waals surface area contributed by atoms with Crippen molar-refractivity contribution in [3.8, 4) is 0 Å². The third-order valence-electron chi connectivity index (χ3n) is 4.93. The van der Waals surface area contributed by atoms with Crippen LogP contribution in [0.4, 0.5) is 4.39 Å². The second-order valence-corrected chi connectivity index (χ2v) is 6.77. The smallest absolute Gasteiger partial charge is 0.244 e. The minimum absolute atomic E-state index is 0.0247. The van der Waals surface area contributed by atoms with Crippen LogP contribution in [0.1, 0.15) is 35.9 Å². The van der Waals surface area contributed by atoms with Gasteiger partial charge in [-0.25, -0.2) is 4.39 Å². The molecule has 2 aromatic rings. The SMILES string of the molecule is CN(C)[C@H](C(=O)N1CCC(c2ccncc2)CC1)c1ccccc1F. The number of benzene rings is 1. The number of likely N-dealkylation sites (tertiary alicyclic amines) is 1. The molecule has 0 N–H and O–H groups in total. The summed E-state index contributed by atoms with van der Waals surface area (Å²) >= 11 is 0. The third-order valence-corrected chi connectivity index (χ3v) is 4.93. The average molecular weight is 341 g/mol. The summed E-state index contributed by atoms with van der Waals surface area (Å²) in [5.74, 6) is 0.0998. The molecule has 1 amide bonds. The Hall–Kier alpha value is -2.27. The number of amides is 1. The maximum atomic E-state index is 14.2. The van der Waals surface area contributed by atoms with Crippen molar-refractivity contribution in [2.75, 3.05) is 27.2 Å². The maximum absolute atomic E-state index is 14.2. The molecular formula is C20H24FN3O. The number of hydrogen-bond donors (Lipinski definition) is 0. The number of halogens is 1. The van der Waals surface area contributed by atoms with Gasteiger partial charge in [0.15, 0.2) is 0 Å². The molecule has 1 aromatic heterocycles. The molecule has 0 saturated carbocycles. The molecular weight excluding hydrogens is 317 g/mol. The summed E-state index contributed by atoms with van der Waals surface area (Å²) in [4.78, 5) is 20.8. The molecule has 1 fully saturated rings. The summed E-state index contributed by atoms with van der Waals surface area (Å²) < 4.78 is 14.2. The van der Waals surface area contributed by atoms with Gasteiger partial charge in [0.2, 0.25) is 5.91 Å². The molecule has 3 rings (SSSR count). The number of carbonyl (C=O) groups excluding carboxylic acids is 1. The number of rotatable bonds is 4. The first-order chi connectivity index (χ1) is 12.1. The summed E-state index contributed by atoms with van der Waals surface area (Å²) in [5, 5.41) is 0. The van der Waals surface area contributed by atoms with Crippen LogP contribution in [0.2, 0.25) is 0 Å². The van der Waals surface area contributed by atoms with Gasteiger partial charge in [0, 0.05) is 31.0 Å². The van der Waals surface area contributed by atoms with Gasteiger partial charge in [-0.2, -0.15) is 0 Å². The van der Waals surface area contributed by atoms with Crippen molar-refractivity contribution in [3.63, 3.8) is 0 Å². The van der Waals surface area contributed by atoms with Crippen molar-refractivity contribution >= 4 is 5.91 Å². The van der Waals surface area contributed by atoms with Crippen molar-refractivity contribution in [3.05, 3.63) is 65.7 Å². The normalized spacial score (nSPS) is 16.9. The highest BCUT2D eigenvalue weighted by atomic mass is 19.1. The number of aromatic nitrogens is 1. The lowest BCUT2D eigenvalue weighted by atomic mass is 9.89. The molecule has 25 heavy (non-hydrogen) atoms. The Bertz CT molecular complexity index is 712. The van der Waals surface area contributed by atoms with Gasteiger partial charge in [-0.1, -0.05) is 18.2 Å². The molecule has 132 valence electrons. The number of likely N-dealkylation sites (N-methyl/N-ethyl adjacent to an activating group) is 1. The Kier molecular flexibility index (Phi) is 5.43. The van der Waals surface area contributed by atoms with E-state index in [9.17, 15) is 9.18 Å². The first kappa shape index (κ1) is 17.5. The molecule has 2 heterocycles. The standard InChI is InChI=1S/C20H24FN3O/c1-23(2)19(17-5-3-4-6-18(17)21)20(25)24-13-9-16(10-14-24)15-7-11-22-12-8-15/h3-8,11-12,16,19H,9-10,13-14H2,1-2H3/t19-/m0/s1. The number of hydrogen-bond acceptors (Lipinski definition) is 3. The molecule has 1 aliphatic heterocycles. The minimum Gasteiger partial charge on any atom is -0.341 e. The highest BCUT2D eigenvalue weighted by Crippen LogP contribution is 2.30. The predicted octanol–water partition coefficient (Wildman–Crippen LogP) is 3.23. The van der Waals surface area contributed by atoms with Gasteiger partial charge in [-0.15, -0.1) is 0 Å². The molecule has 0 bridgehead atoms. The lowest BCUT2D eigenvalue weighted by Crippen LogP contribution is -2.44. The van der Waals surface area contributed by atoms with E-state index in [-0.39, 0.29) is 11.7 Å². The molecule has 0 unspecified atom stereocenters. The maximum Gasteiger partial charge on any atom is 0.244 e. The number of piperidine rings is 1. The van der Waals surface area contributed by atoms with Crippen LogP contribution in [0.3, 0.4) is 0 Å². The Morgan fingerprint density at radius 1 is 1.16 bits per heavy atom. The Morgan fingerprint density at radius 2 is 1.80 bits per heavy atom. The van der Waals surface area contributed by atoms with Crippen LogP contribution in [0.25, 0.3) is 0 Å². The van der Waals surface area contributed by atoms with Crippen molar-refractivity contribution in [2.24, 2.45) is 0 Å². The van der Waals surface area contributed by atoms with E-state index in [1.165, 1.54) is 11.6 Å². The first-order valence-electron chi connectivity index (χ1n) is 8.67. The number of pyridine rings is 1. The zero-order valence-corrected chi connectivity index (χ0v) is 14.7. The van der Waals surface area contributed by atoms with Crippen LogP contribution < -0.4 is 0 Å². The molecule has 0 aliphatic carbocycles. The molecule has 1 aliphatic rings. The van der Waals surface area contributed by atoms with Gasteiger partial charge in [0.1, 0.15) is 11.9 Å². The molecule has 1 atom stereocenters. The third kappa shape index (κ3) is 3.87. The van der Waals surface area contributed by atoms with Crippen LogP contribution >= 0.6 is 0 Å². The topological polar surface area (TPSA) is 36.4 Å². The van der Waals surface area contributed by atoms with E-state index in [0.29, 0.717) is 24.6 Å². The van der Waals surface area contributed by atoms with E-state index >= 15 is 0 Å². The highest BCUT2D eigenvalue weighted by molar-refractivity contribution is 5.83. The van der Waals surface area contributed by atoms with E-state index in [2.05, 4.69) is 4.98 Å². The number of nitrogens with zero attached hydrogens (tertiary/aromatic N) is 3. The summed E-state index contributed by atoms with van der Waals surface area (Å²) in [6.07, 6.45) is 5.47. The van der Waals surface area contributed by atoms with Crippen LogP contribution in [-0.4, -0.2) is 47.9 Å². The summed E-state index contributed by atoms with van der Waals surface area (Å²) in [5.41, 5.74) is 1.72. The van der Waals surface area contributed by atoms with Crippen molar-refractivity contribution in [2.45, 2.75) is 24.8 Å². The van der Waals surface area contributed by atoms with Crippen LogP contribution in [0, 0.1) is 5.82 Å². The molecule has 0 radical (unpaired) electrons. The summed E-state index contributed by atoms with van der Waals surface area (Å²) in [6, 6.07) is 10.0. The summed E-state index contributed by atoms with van der Waals surface area (Å²) in [7, 11) is 3.64.